The fourth-order valence-corrected chi connectivity index (χ4v) is 4.09. The van der Waals surface area contributed by atoms with Crippen LogP contribution >= 0.6 is 11.8 Å². The fraction of sp³-hybridized carbons (Fsp3) is 0.647. The van der Waals surface area contributed by atoms with Gasteiger partial charge in [-0.05, 0) is 30.6 Å². The molecule has 1 N–H and O–H groups in total. The number of rotatable bonds is 6. The van der Waals surface area contributed by atoms with Gasteiger partial charge in [-0.25, -0.2) is 0 Å². The monoisotopic (exact) mass is 277 g/mol. The highest BCUT2D eigenvalue weighted by molar-refractivity contribution is 8.00. The van der Waals surface area contributed by atoms with Crippen LogP contribution in [-0.2, 0) is 0 Å². The van der Waals surface area contributed by atoms with Crippen LogP contribution in [-0.4, -0.2) is 17.5 Å². The van der Waals surface area contributed by atoms with Crippen LogP contribution in [0.4, 0.5) is 0 Å². The molecule has 0 amide bonds. The minimum absolute atomic E-state index is 0.478. The van der Waals surface area contributed by atoms with Crippen molar-refractivity contribution >= 4 is 11.8 Å². The van der Waals surface area contributed by atoms with E-state index in [1.807, 2.05) is 0 Å². The average Bonchev–Trinajstić information content (AvgIpc) is 2.89. The Hall–Kier alpha value is -0.470. The summed E-state index contributed by atoms with van der Waals surface area (Å²) < 4.78 is 0.488. The minimum Gasteiger partial charge on any atom is -0.308 e. The van der Waals surface area contributed by atoms with Gasteiger partial charge in [0.15, 0.2) is 0 Å². The highest BCUT2D eigenvalue weighted by atomic mass is 32.2. The zero-order chi connectivity index (χ0) is 13.7. The molecule has 0 spiro atoms. The Kier molecular flexibility index (Phi) is 5.35. The van der Waals surface area contributed by atoms with Gasteiger partial charge in [-0.3, -0.25) is 0 Å². The van der Waals surface area contributed by atoms with E-state index in [9.17, 15) is 0 Å². The lowest BCUT2D eigenvalue weighted by molar-refractivity contribution is 0.386. The molecule has 19 heavy (non-hydrogen) atoms. The van der Waals surface area contributed by atoms with Crippen LogP contribution in [0, 0.1) is 5.92 Å². The molecule has 0 bridgehead atoms. The predicted octanol–water partition coefficient (Wildman–Crippen LogP) is 4.65. The lowest BCUT2D eigenvalue weighted by atomic mass is 9.95. The van der Waals surface area contributed by atoms with Crippen molar-refractivity contribution in [2.45, 2.75) is 50.3 Å². The maximum absolute atomic E-state index is 3.85. The van der Waals surface area contributed by atoms with E-state index in [1.54, 1.807) is 0 Å². The molecular weight excluding hydrogens is 250 g/mol. The first-order valence-corrected chi connectivity index (χ1v) is 8.73. The number of benzene rings is 1. The molecule has 1 fully saturated rings. The molecule has 1 unspecified atom stereocenters. The second-order valence-corrected chi connectivity index (χ2v) is 7.38. The van der Waals surface area contributed by atoms with Gasteiger partial charge in [0.05, 0.1) is 0 Å². The Morgan fingerprint density at radius 2 is 1.79 bits per heavy atom. The van der Waals surface area contributed by atoms with Gasteiger partial charge < -0.3 is 5.32 Å². The Labute approximate surface area is 122 Å². The summed E-state index contributed by atoms with van der Waals surface area (Å²) in [6.07, 6.45) is 7.84. The fourth-order valence-electron chi connectivity index (χ4n) is 3.17. The molecule has 0 aliphatic heterocycles. The molecular formula is C17H27NS. The minimum atomic E-state index is 0.478. The molecule has 1 saturated carbocycles. The average molecular weight is 277 g/mol. The summed E-state index contributed by atoms with van der Waals surface area (Å²) in [5.74, 6) is 0.628. The molecule has 2 rings (SSSR count). The molecule has 1 aliphatic rings. The summed E-state index contributed by atoms with van der Waals surface area (Å²) >= 11 is 2.07. The van der Waals surface area contributed by atoms with Crippen molar-refractivity contribution in [1.82, 2.24) is 5.32 Å². The zero-order valence-electron chi connectivity index (χ0n) is 12.5. The number of hydrogen-bond acceptors (Lipinski definition) is 2. The Morgan fingerprint density at radius 3 is 2.32 bits per heavy atom. The highest BCUT2D eigenvalue weighted by Gasteiger charge is 2.33. The van der Waals surface area contributed by atoms with Gasteiger partial charge in [0.25, 0.3) is 0 Å². The van der Waals surface area contributed by atoms with Crippen LogP contribution in [0.1, 0.15) is 51.1 Å². The van der Waals surface area contributed by atoms with Gasteiger partial charge in [0.2, 0.25) is 0 Å². The van der Waals surface area contributed by atoms with Crippen LogP contribution in [0.25, 0.3) is 0 Å². The number of nitrogens with one attached hydrogen (secondary N) is 1. The second kappa shape index (κ2) is 6.81. The standard InChI is InChI=1S/C17H27NS/c1-14(2)16(15-9-5-4-6-10-15)18-13-17(19-3)11-7-8-12-17/h4-6,9-10,14,16,18H,7-8,11-13H2,1-3H3. The maximum atomic E-state index is 3.85. The normalized spacial score (nSPS) is 19.8. The van der Waals surface area contributed by atoms with Crippen LogP contribution < -0.4 is 5.32 Å². The van der Waals surface area contributed by atoms with Gasteiger partial charge in [0, 0.05) is 17.3 Å². The maximum Gasteiger partial charge on any atom is 0.0343 e. The highest BCUT2D eigenvalue weighted by Crippen LogP contribution is 2.40. The molecule has 2 heteroatoms. The van der Waals surface area contributed by atoms with E-state index < -0.39 is 0 Å². The van der Waals surface area contributed by atoms with Crippen molar-refractivity contribution in [3.05, 3.63) is 35.9 Å². The third-order valence-corrected chi connectivity index (χ3v) is 5.84. The van der Waals surface area contributed by atoms with Crippen molar-refractivity contribution in [1.29, 1.82) is 0 Å². The van der Waals surface area contributed by atoms with E-state index in [1.165, 1.54) is 31.2 Å². The van der Waals surface area contributed by atoms with E-state index in [2.05, 4.69) is 67.5 Å². The molecule has 1 aliphatic carbocycles. The lowest BCUT2D eigenvalue weighted by Crippen LogP contribution is -2.38. The van der Waals surface area contributed by atoms with Crippen molar-refractivity contribution in [3.63, 3.8) is 0 Å². The van der Waals surface area contributed by atoms with Gasteiger partial charge in [-0.1, -0.05) is 57.0 Å². The Morgan fingerprint density at radius 1 is 1.16 bits per heavy atom. The topological polar surface area (TPSA) is 12.0 Å². The lowest BCUT2D eigenvalue weighted by Gasteiger charge is -2.31. The number of hydrogen-bond donors (Lipinski definition) is 1. The molecule has 0 saturated heterocycles. The summed E-state index contributed by atoms with van der Waals surface area (Å²) in [5, 5.41) is 3.85. The first kappa shape index (κ1) is 14.9. The first-order chi connectivity index (χ1) is 9.17. The zero-order valence-corrected chi connectivity index (χ0v) is 13.3. The molecule has 0 aromatic heterocycles. The van der Waals surface area contributed by atoms with Crippen molar-refractivity contribution < 1.29 is 0 Å². The largest absolute Gasteiger partial charge is 0.308 e. The molecule has 1 aromatic rings. The SMILES string of the molecule is CSC1(CNC(c2ccccc2)C(C)C)CCCC1. The van der Waals surface area contributed by atoms with E-state index >= 15 is 0 Å². The van der Waals surface area contributed by atoms with Crippen LogP contribution in [0.15, 0.2) is 30.3 Å². The molecule has 0 radical (unpaired) electrons. The molecule has 0 heterocycles. The second-order valence-electron chi connectivity index (χ2n) is 6.11. The van der Waals surface area contributed by atoms with Crippen LogP contribution in [0.2, 0.25) is 0 Å². The molecule has 106 valence electrons. The predicted molar refractivity (Wildman–Crippen MR) is 86.7 cm³/mol. The first-order valence-electron chi connectivity index (χ1n) is 7.50. The van der Waals surface area contributed by atoms with Gasteiger partial charge in [0.1, 0.15) is 0 Å². The summed E-state index contributed by atoms with van der Waals surface area (Å²) in [6, 6.07) is 11.4. The third kappa shape index (κ3) is 3.76. The molecule has 1 nitrogen and oxygen atoms in total. The van der Waals surface area contributed by atoms with E-state index in [0.29, 0.717) is 16.7 Å². The van der Waals surface area contributed by atoms with E-state index in [4.69, 9.17) is 0 Å². The Balaban J connectivity index is 2.02. The summed E-state index contributed by atoms with van der Waals surface area (Å²) in [5.41, 5.74) is 1.42. The van der Waals surface area contributed by atoms with Crippen molar-refractivity contribution in [2.24, 2.45) is 5.92 Å². The van der Waals surface area contributed by atoms with Gasteiger partial charge >= 0.3 is 0 Å². The summed E-state index contributed by atoms with van der Waals surface area (Å²) in [6.45, 7) is 5.77. The quantitative estimate of drug-likeness (QED) is 0.812. The van der Waals surface area contributed by atoms with Crippen LogP contribution in [0.5, 0.6) is 0 Å². The number of thioether (sulfide) groups is 1. The smallest absolute Gasteiger partial charge is 0.0343 e. The third-order valence-electron chi connectivity index (χ3n) is 4.42. The van der Waals surface area contributed by atoms with Gasteiger partial charge in [-0.15, -0.1) is 0 Å². The van der Waals surface area contributed by atoms with Crippen LogP contribution in [0.3, 0.4) is 0 Å². The molecule has 1 aromatic carbocycles. The Bertz CT molecular complexity index is 368. The summed E-state index contributed by atoms with van der Waals surface area (Å²) in [7, 11) is 0. The van der Waals surface area contributed by atoms with Crippen molar-refractivity contribution in [2.75, 3.05) is 12.8 Å². The van der Waals surface area contributed by atoms with E-state index in [0.717, 1.165) is 6.54 Å². The van der Waals surface area contributed by atoms with Gasteiger partial charge in [-0.2, -0.15) is 11.8 Å². The summed E-state index contributed by atoms with van der Waals surface area (Å²) in [4.78, 5) is 0. The van der Waals surface area contributed by atoms with Crippen molar-refractivity contribution in [3.8, 4) is 0 Å². The van der Waals surface area contributed by atoms with E-state index in [-0.39, 0.29) is 0 Å². The molecule has 1 atom stereocenters.